The molecule has 3 heteroatoms. The van der Waals surface area contributed by atoms with Crippen LogP contribution in [0, 0.1) is 6.92 Å². The molecule has 0 aliphatic heterocycles. The Morgan fingerprint density at radius 1 is 1.20 bits per heavy atom. The molecule has 1 heterocycles. The number of rotatable bonds is 7. The minimum atomic E-state index is 0.512. The van der Waals surface area contributed by atoms with Crippen molar-refractivity contribution in [3.05, 3.63) is 30.1 Å². The number of imidazole rings is 1. The molecule has 0 aliphatic carbocycles. The van der Waals surface area contributed by atoms with Gasteiger partial charge in [0.05, 0.1) is 11.0 Å². The molecule has 0 saturated heterocycles. The van der Waals surface area contributed by atoms with Crippen molar-refractivity contribution < 1.29 is 0 Å². The second-order valence-corrected chi connectivity index (χ2v) is 5.54. The van der Waals surface area contributed by atoms with Crippen LogP contribution in [0.4, 0.5) is 0 Å². The van der Waals surface area contributed by atoms with Crippen LogP contribution in [0.25, 0.3) is 11.0 Å². The number of hydrogen-bond acceptors (Lipinski definition) is 2. The Balaban J connectivity index is 2.04. The summed E-state index contributed by atoms with van der Waals surface area (Å²) in [4.78, 5) is 7.15. The van der Waals surface area contributed by atoms with Gasteiger partial charge in [0, 0.05) is 6.04 Å². The Morgan fingerprint density at radius 3 is 2.60 bits per heavy atom. The van der Waals surface area contributed by atoms with E-state index in [4.69, 9.17) is 0 Å². The van der Waals surface area contributed by atoms with Crippen molar-refractivity contribution >= 4 is 11.0 Å². The van der Waals surface area contributed by atoms with Crippen LogP contribution in [0.3, 0.4) is 0 Å². The molecule has 1 unspecified atom stereocenters. The molecule has 110 valence electrons. The highest BCUT2D eigenvalue weighted by Gasteiger charge is 2.12. The van der Waals surface area contributed by atoms with Crippen LogP contribution in [0.5, 0.6) is 0 Å². The zero-order valence-electron chi connectivity index (χ0n) is 13.3. The highest BCUT2D eigenvalue weighted by molar-refractivity contribution is 5.76. The van der Waals surface area contributed by atoms with Crippen molar-refractivity contribution in [3.8, 4) is 0 Å². The lowest BCUT2D eigenvalue weighted by Gasteiger charge is -2.21. The molecule has 0 bridgehead atoms. The van der Waals surface area contributed by atoms with E-state index in [1.165, 1.54) is 24.9 Å². The third-order valence-corrected chi connectivity index (χ3v) is 4.20. The zero-order chi connectivity index (χ0) is 14.5. The van der Waals surface area contributed by atoms with Crippen LogP contribution < -0.4 is 0 Å². The van der Waals surface area contributed by atoms with Gasteiger partial charge in [-0.1, -0.05) is 26.0 Å². The molecule has 1 atom stereocenters. The molecule has 3 nitrogen and oxygen atoms in total. The first-order valence-electron chi connectivity index (χ1n) is 7.83. The predicted octanol–water partition coefficient (Wildman–Crippen LogP) is 4.03. The molecule has 0 saturated carbocycles. The number of aromatic nitrogens is 2. The van der Waals surface area contributed by atoms with E-state index < -0.39 is 0 Å². The largest absolute Gasteiger partial charge is 0.325 e. The summed E-state index contributed by atoms with van der Waals surface area (Å²) in [5.74, 6) is 1.13. The molecule has 0 aliphatic rings. The second-order valence-electron chi connectivity index (χ2n) is 5.54. The summed E-state index contributed by atoms with van der Waals surface area (Å²) in [5.41, 5.74) is 2.38. The fraction of sp³-hybridized carbons (Fsp3) is 0.588. The summed E-state index contributed by atoms with van der Waals surface area (Å²) in [6, 6.07) is 8.95. The molecule has 1 aromatic heterocycles. The quantitative estimate of drug-likeness (QED) is 0.759. The third kappa shape index (κ3) is 3.21. The van der Waals surface area contributed by atoms with E-state index in [0.29, 0.717) is 6.04 Å². The Kier molecular flexibility index (Phi) is 5.18. The molecule has 0 amide bonds. The molecule has 0 N–H and O–H groups in total. The first-order valence-corrected chi connectivity index (χ1v) is 7.83. The van der Waals surface area contributed by atoms with Crippen LogP contribution in [-0.4, -0.2) is 34.1 Å². The van der Waals surface area contributed by atoms with Crippen molar-refractivity contribution in [3.63, 3.8) is 0 Å². The Hall–Kier alpha value is -1.35. The summed E-state index contributed by atoms with van der Waals surface area (Å²) < 4.78 is 2.39. The molecule has 2 rings (SSSR count). The summed E-state index contributed by atoms with van der Waals surface area (Å²) in [6.07, 6.45) is 2.45. The SMILES string of the molecule is CCN(CC)CCCC(C)n1c(C)nc2ccccc21. The number of aryl methyl sites for hydroxylation is 1. The van der Waals surface area contributed by atoms with Crippen LogP contribution in [0.2, 0.25) is 0 Å². The van der Waals surface area contributed by atoms with E-state index in [9.17, 15) is 0 Å². The van der Waals surface area contributed by atoms with Crippen molar-refractivity contribution in [2.24, 2.45) is 0 Å². The number of fused-ring (bicyclic) bond motifs is 1. The molecule has 0 spiro atoms. The Bertz CT molecular complexity index is 540. The van der Waals surface area contributed by atoms with Gasteiger partial charge in [0.1, 0.15) is 5.82 Å². The third-order valence-electron chi connectivity index (χ3n) is 4.20. The maximum Gasteiger partial charge on any atom is 0.106 e. The first-order chi connectivity index (χ1) is 9.67. The van der Waals surface area contributed by atoms with E-state index in [2.05, 4.69) is 66.4 Å². The van der Waals surface area contributed by atoms with Gasteiger partial charge in [-0.2, -0.15) is 0 Å². The van der Waals surface area contributed by atoms with Crippen LogP contribution in [0.1, 0.15) is 45.5 Å². The van der Waals surface area contributed by atoms with Gasteiger partial charge in [-0.25, -0.2) is 4.98 Å². The van der Waals surface area contributed by atoms with E-state index in [1.54, 1.807) is 0 Å². The lowest BCUT2D eigenvalue weighted by molar-refractivity contribution is 0.288. The summed E-state index contributed by atoms with van der Waals surface area (Å²) in [7, 11) is 0. The van der Waals surface area contributed by atoms with Gasteiger partial charge < -0.3 is 9.47 Å². The van der Waals surface area contributed by atoms with Crippen molar-refractivity contribution in [2.75, 3.05) is 19.6 Å². The summed E-state index contributed by atoms with van der Waals surface area (Å²) in [6.45, 7) is 12.4. The van der Waals surface area contributed by atoms with E-state index in [1.807, 2.05) is 0 Å². The van der Waals surface area contributed by atoms with Gasteiger partial charge in [0.15, 0.2) is 0 Å². The first kappa shape index (κ1) is 15.0. The minimum absolute atomic E-state index is 0.512. The maximum atomic E-state index is 4.66. The zero-order valence-corrected chi connectivity index (χ0v) is 13.3. The number of nitrogens with zero attached hydrogens (tertiary/aromatic N) is 3. The fourth-order valence-corrected chi connectivity index (χ4v) is 3.00. The van der Waals surface area contributed by atoms with Crippen molar-refractivity contribution in [1.29, 1.82) is 0 Å². The second kappa shape index (κ2) is 6.89. The van der Waals surface area contributed by atoms with Crippen LogP contribution >= 0.6 is 0 Å². The van der Waals surface area contributed by atoms with Crippen LogP contribution in [0.15, 0.2) is 24.3 Å². The smallest absolute Gasteiger partial charge is 0.106 e. The number of hydrogen-bond donors (Lipinski definition) is 0. The molecule has 2 aromatic rings. The Morgan fingerprint density at radius 2 is 1.90 bits per heavy atom. The standard InChI is InChI=1S/C17H27N3/c1-5-19(6-2)13-9-10-14(3)20-15(4)18-16-11-7-8-12-17(16)20/h7-8,11-12,14H,5-6,9-10,13H2,1-4H3. The highest BCUT2D eigenvalue weighted by Crippen LogP contribution is 2.23. The van der Waals surface area contributed by atoms with E-state index in [0.717, 1.165) is 24.4 Å². The summed E-state index contributed by atoms with van der Waals surface area (Å²) >= 11 is 0. The summed E-state index contributed by atoms with van der Waals surface area (Å²) in [5, 5.41) is 0. The minimum Gasteiger partial charge on any atom is -0.325 e. The van der Waals surface area contributed by atoms with Gasteiger partial charge in [-0.05, 0) is 58.5 Å². The number of benzene rings is 1. The van der Waals surface area contributed by atoms with Gasteiger partial charge in [0.25, 0.3) is 0 Å². The van der Waals surface area contributed by atoms with Crippen molar-refractivity contribution in [2.45, 2.75) is 46.6 Å². The Labute approximate surface area is 122 Å². The molecular formula is C17H27N3. The van der Waals surface area contributed by atoms with Gasteiger partial charge >= 0.3 is 0 Å². The maximum absolute atomic E-state index is 4.66. The average molecular weight is 273 g/mol. The molecule has 0 radical (unpaired) electrons. The topological polar surface area (TPSA) is 21.1 Å². The fourth-order valence-electron chi connectivity index (χ4n) is 3.00. The lowest BCUT2D eigenvalue weighted by atomic mass is 10.1. The number of para-hydroxylation sites is 2. The van der Waals surface area contributed by atoms with Gasteiger partial charge in [-0.15, -0.1) is 0 Å². The monoisotopic (exact) mass is 273 g/mol. The van der Waals surface area contributed by atoms with Crippen molar-refractivity contribution in [1.82, 2.24) is 14.5 Å². The normalized spacial score (nSPS) is 13.2. The van der Waals surface area contributed by atoms with Crippen LogP contribution in [-0.2, 0) is 0 Å². The molecule has 0 fully saturated rings. The highest BCUT2D eigenvalue weighted by atomic mass is 15.1. The molecular weight excluding hydrogens is 246 g/mol. The van der Waals surface area contributed by atoms with Gasteiger partial charge in [-0.3, -0.25) is 0 Å². The average Bonchev–Trinajstić information content (AvgIpc) is 2.79. The van der Waals surface area contributed by atoms with E-state index in [-0.39, 0.29) is 0 Å². The van der Waals surface area contributed by atoms with Gasteiger partial charge in [0.2, 0.25) is 0 Å². The predicted molar refractivity (Wildman–Crippen MR) is 86.2 cm³/mol. The lowest BCUT2D eigenvalue weighted by Crippen LogP contribution is -2.24. The molecule has 20 heavy (non-hydrogen) atoms. The van der Waals surface area contributed by atoms with E-state index >= 15 is 0 Å². The molecule has 1 aromatic carbocycles.